The minimum atomic E-state index is -0.500. The second-order valence-electron chi connectivity index (χ2n) is 5.03. The molecule has 22 heavy (non-hydrogen) atoms. The molecule has 0 saturated carbocycles. The maximum atomic E-state index is 12.2. The van der Waals surface area contributed by atoms with E-state index in [2.05, 4.69) is 4.98 Å². The maximum absolute atomic E-state index is 12.2. The number of pyridine rings is 1. The summed E-state index contributed by atoms with van der Waals surface area (Å²) in [5.41, 5.74) is 6.33. The van der Waals surface area contributed by atoms with Crippen LogP contribution in [0.2, 0.25) is 0 Å². The molecule has 0 bridgehead atoms. The molecular weight excluding hydrogens is 284 g/mol. The lowest BCUT2D eigenvalue weighted by molar-refractivity contribution is 0.0745. The lowest BCUT2D eigenvalue weighted by Gasteiger charge is -2.35. The predicted molar refractivity (Wildman–Crippen MR) is 79.6 cm³/mol. The van der Waals surface area contributed by atoms with Gasteiger partial charge in [-0.2, -0.15) is 0 Å². The van der Waals surface area contributed by atoms with Gasteiger partial charge in [0.2, 0.25) is 0 Å². The van der Waals surface area contributed by atoms with Crippen molar-refractivity contribution in [2.24, 2.45) is 5.73 Å². The van der Waals surface area contributed by atoms with Gasteiger partial charge in [-0.3, -0.25) is 9.59 Å². The zero-order chi connectivity index (χ0) is 15.5. The number of primary amides is 1. The van der Waals surface area contributed by atoms with E-state index in [0.717, 1.165) is 0 Å². The molecule has 2 aromatic heterocycles. The van der Waals surface area contributed by atoms with Crippen LogP contribution in [0.1, 0.15) is 20.7 Å². The summed E-state index contributed by atoms with van der Waals surface area (Å²) in [6.45, 7) is 2.30. The molecule has 0 spiro atoms. The van der Waals surface area contributed by atoms with E-state index >= 15 is 0 Å². The highest BCUT2D eigenvalue weighted by molar-refractivity contribution is 5.98. The molecule has 7 heteroatoms. The minimum absolute atomic E-state index is 0.0513. The summed E-state index contributed by atoms with van der Waals surface area (Å²) in [5, 5.41) is 0. The summed E-state index contributed by atoms with van der Waals surface area (Å²) < 4.78 is 4.94. The monoisotopic (exact) mass is 300 g/mol. The van der Waals surface area contributed by atoms with Crippen molar-refractivity contribution in [1.29, 1.82) is 0 Å². The van der Waals surface area contributed by atoms with Crippen molar-refractivity contribution in [2.75, 3.05) is 31.1 Å². The summed E-state index contributed by atoms with van der Waals surface area (Å²) >= 11 is 0. The lowest BCUT2D eigenvalue weighted by Crippen LogP contribution is -2.49. The van der Waals surface area contributed by atoms with E-state index < -0.39 is 5.91 Å². The first-order valence-corrected chi connectivity index (χ1v) is 6.98. The highest BCUT2D eigenvalue weighted by Gasteiger charge is 2.25. The molecule has 1 aliphatic heterocycles. The van der Waals surface area contributed by atoms with Crippen molar-refractivity contribution in [3.63, 3.8) is 0 Å². The van der Waals surface area contributed by atoms with Gasteiger partial charge in [-0.1, -0.05) is 0 Å². The number of anilines is 1. The molecule has 3 heterocycles. The van der Waals surface area contributed by atoms with Gasteiger partial charge in [-0.25, -0.2) is 4.98 Å². The Morgan fingerprint density at radius 1 is 1.18 bits per heavy atom. The standard InChI is InChI=1S/C15H16N4O3/c16-13(20)12-2-1-4-17-14(12)18-5-7-19(8-6-18)15(21)11-3-9-22-10-11/h1-4,9-10H,5-8H2,(H2,16,20). The Labute approximate surface area is 127 Å². The van der Waals surface area contributed by atoms with Crippen LogP contribution in [0, 0.1) is 0 Å². The molecule has 2 aromatic rings. The smallest absolute Gasteiger partial charge is 0.257 e. The first-order chi connectivity index (χ1) is 10.7. The van der Waals surface area contributed by atoms with Gasteiger partial charge < -0.3 is 20.0 Å². The fourth-order valence-corrected chi connectivity index (χ4v) is 2.53. The highest BCUT2D eigenvalue weighted by atomic mass is 16.3. The van der Waals surface area contributed by atoms with E-state index in [9.17, 15) is 9.59 Å². The van der Waals surface area contributed by atoms with Crippen LogP contribution >= 0.6 is 0 Å². The summed E-state index contributed by atoms with van der Waals surface area (Å²) in [6, 6.07) is 4.99. The number of piperazine rings is 1. The molecule has 0 aromatic carbocycles. The van der Waals surface area contributed by atoms with Crippen molar-refractivity contribution in [3.05, 3.63) is 48.0 Å². The Morgan fingerprint density at radius 3 is 2.59 bits per heavy atom. The zero-order valence-corrected chi connectivity index (χ0v) is 11.9. The van der Waals surface area contributed by atoms with Gasteiger partial charge in [0.05, 0.1) is 17.4 Å². The fourth-order valence-electron chi connectivity index (χ4n) is 2.53. The van der Waals surface area contributed by atoms with E-state index in [4.69, 9.17) is 10.2 Å². The number of rotatable bonds is 3. The summed E-state index contributed by atoms with van der Waals surface area (Å²) in [4.78, 5) is 31.7. The van der Waals surface area contributed by atoms with Gasteiger partial charge in [-0.15, -0.1) is 0 Å². The number of amides is 2. The third-order valence-electron chi connectivity index (χ3n) is 3.69. The molecule has 0 radical (unpaired) electrons. The van der Waals surface area contributed by atoms with Crippen LogP contribution in [0.3, 0.4) is 0 Å². The Balaban J connectivity index is 1.70. The van der Waals surface area contributed by atoms with Crippen molar-refractivity contribution in [1.82, 2.24) is 9.88 Å². The molecular formula is C15H16N4O3. The number of furan rings is 1. The predicted octanol–water partition coefficient (Wildman–Crippen LogP) is 0.736. The van der Waals surface area contributed by atoms with E-state index in [0.29, 0.717) is 43.1 Å². The number of carbonyl (C=O) groups excluding carboxylic acids is 2. The average Bonchev–Trinajstić information content (AvgIpc) is 3.09. The highest BCUT2D eigenvalue weighted by Crippen LogP contribution is 2.19. The number of nitrogens with zero attached hydrogens (tertiary/aromatic N) is 3. The van der Waals surface area contributed by atoms with Crippen LogP contribution in [0.5, 0.6) is 0 Å². The number of nitrogens with two attached hydrogens (primary N) is 1. The van der Waals surface area contributed by atoms with Crippen LogP contribution in [0.4, 0.5) is 5.82 Å². The first-order valence-electron chi connectivity index (χ1n) is 6.98. The number of hydrogen-bond donors (Lipinski definition) is 1. The van der Waals surface area contributed by atoms with Crippen LogP contribution in [0.15, 0.2) is 41.3 Å². The average molecular weight is 300 g/mol. The van der Waals surface area contributed by atoms with Crippen LogP contribution in [-0.4, -0.2) is 47.9 Å². The SMILES string of the molecule is NC(=O)c1cccnc1N1CCN(C(=O)c2ccoc2)CC1. The number of carbonyl (C=O) groups is 2. The largest absolute Gasteiger partial charge is 0.472 e. The lowest BCUT2D eigenvalue weighted by atomic mass is 10.2. The molecule has 2 amide bonds. The number of hydrogen-bond acceptors (Lipinski definition) is 5. The maximum Gasteiger partial charge on any atom is 0.257 e. The van der Waals surface area contributed by atoms with E-state index in [1.807, 2.05) is 4.90 Å². The van der Waals surface area contributed by atoms with Crippen LogP contribution in [-0.2, 0) is 0 Å². The normalized spacial score (nSPS) is 14.9. The second kappa shape index (κ2) is 5.88. The van der Waals surface area contributed by atoms with Crippen molar-refractivity contribution in [2.45, 2.75) is 0 Å². The molecule has 2 N–H and O–H groups in total. The van der Waals surface area contributed by atoms with E-state index in [1.165, 1.54) is 12.5 Å². The molecule has 1 fully saturated rings. The summed E-state index contributed by atoms with van der Waals surface area (Å²) in [7, 11) is 0. The Bertz CT molecular complexity index is 676. The topological polar surface area (TPSA) is 92.7 Å². The van der Waals surface area contributed by atoms with Gasteiger partial charge in [0, 0.05) is 32.4 Å². The molecule has 114 valence electrons. The molecule has 3 rings (SSSR count). The summed E-state index contributed by atoms with van der Waals surface area (Å²) in [6.07, 6.45) is 4.56. The van der Waals surface area contributed by atoms with Gasteiger partial charge in [-0.05, 0) is 18.2 Å². The van der Waals surface area contributed by atoms with E-state index in [1.54, 1.807) is 29.3 Å². The molecule has 7 nitrogen and oxygen atoms in total. The van der Waals surface area contributed by atoms with Crippen LogP contribution in [0.25, 0.3) is 0 Å². The van der Waals surface area contributed by atoms with Gasteiger partial charge >= 0.3 is 0 Å². The Kier molecular flexibility index (Phi) is 3.78. The third-order valence-corrected chi connectivity index (χ3v) is 3.69. The van der Waals surface area contributed by atoms with Gasteiger partial charge in [0.15, 0.2) is 0 Å². The third kappa shape index (κ3) is 2.65. The van der Waals surface area contributed by atoms with Crippen molar-refractivity contribution >= 4 is 17.6 Å². The fraction of sp³-hybridized carbons (Fsp3) is 0.267. The number of aromatic nitrogens is 1. The first kappa shape index (κ1) is 14.1. The molecule has 1 aliphatic rings. The van der Waals surface area contributed by atoms with Crippen LogP contribution < -0.4 is 10.6 Å². The van der Waals surface area contributed by atoms with Gasteiger partial charge in [0.1, 0.15) is 12.1 Å². The molecule has 1 saturated heterocycles. The quantitative estimate of drug-likeness (QED) is 0.902. The Morgan fingerprint density at radius 2 is 1.95 bits per heavy atom. The second-order valence-corrected chi connectivity index (χ2v) is 5.03. The minimum Gasteiger partial charge on any atom is -0.472 e. The summed E-state index contributed by atoms with van der Waals surface area (Å²) in [5.74, 6) is 0.0231. The molecule has 0 unspecified atom stereocenters. The van der Waals surface area contributed by atoms with Crippen molar-refractivity contribution in [3.8, 4) is 0 Å². The van der Waals surface area contributed by atoms with E-state index in [-0.39, 0.29) is 5.91 Å². The zero-order valence-electron chi connectivity index (χ0n) is 11.9. The Hall–Kier alpha value is -2.83. The molecule has 0 atom stereocenters. The molecule has 0 aliphatic carbocycles. The van der Waals surface area contributed by atoms with Crippen molar-refractivity contribution < 1.29 is 14.0 Å². The van der Waals surface area contributed by atoms with Gasteiger partial charge in [0.25, 0.3) is 11.8 Å².